The van der Waals surface area contributed by atoms with Crippen molar-refractivity contribution in [2.24, 2.45) is 0 Å². The number of hydrogen-bond donors (Lipinski definition) is 1. The number of carbonyl (C=O) groups is 1. The summed E-state index contributed by atoms with van der Waals surface area (Å²) >= 11 is 3.15. The first-order chi connectivity index (χ1) is 7.08. The van der Waals surface area contributed by atoms with Crippen molar-refractivity contribution < 1.29 is 9.53 Å². The molecule has 0 heterocycles. The number of hydrogen-bond acceptors (Lipinski definition) is 2. The third kappa shape index (κ3) is 6.90. The average molecular weight is 280 g/mol. The Balaban J connectivity index is 3.90. The zero-order valence-electron chi connectivity index (χ0n) is 9.94. The maximum Gasteiger partial charge on any atom is 0.231 e. The number of halogens is 1. The lowest BCUT2D eigenvalue weighted by atomic mass is 9.95. The average Bonchev–Trinajstić information content (AvgIpc) is 2.24. The normalized spacial score (nSPS) is 14.7. The quantitative estimate of drug-likeness (QED) is 0.548. The van der Waals surface area contributed by atoms with Crippen molar-refractivity contribution in [3.05, 3.63) is 0 Å². The van der Waals surface area contributed by atoms with Crippen LogP contribution < -0.4 is 5.32 Å². The lowest BCUT2D eigenvalue weighted by Crippen LogP contribution is -2.46. The standard InChI is InChI=1S/C11H22BrNO2/c1-4-7-15-8-6-11(3,5-2)13-10(14)9-12/h4-9H2,1-3H3,(H,13,14). The first kappa shape index (κ1) is 14.9. The molecular formula is C11H22BrNO2. The molecule has 1 amide bonds. The Kier molecular flexibility index (Phi) is 8.06. The van der Waals surface area contributed by atoms with Gasteiger partial charge in [-0.2, -0.15) is 0 Å². The van der Waals surface area contributed by atoms with E-state index >= 15 is 0 Å². The van der Waals surface area contributed by atoms with Crippen molar-refractivity contribution in [3.8, 4) is 0 Å². The van der Waals surface area contributed by atoms with E-state index in [1.165, 1.54) is 0 Å². The number of ether oxygens (including phenoxy) is 1. The fourth-order valence-corrected chi connectivity index (χ4v) is 1.38. The van der Waals surface area contributed by atoms with Gasteiger partial charge in [-0.1, -0.05) is 29.8 Å². The minimum Gasteiger partial charge on any atom is -0.381 e. The molecule has 0 aliphatic carbocycles. The van der Waals surface area contributed by atoms with Crippen molar-refractivity contribution in [3.63, 3.8) is 0 Å². The lowest BCUT2D eigenvalue weighted by molar-refractivity contribution is -0.120. The third-order valence-electron chi connectivity index (χ3n) is 2.49. The molecule has 1 atom stereocenters. The molecule has 0 rings (SSSR count). The van der Waals surface area contributed by atoms with Gasteiger partial charge in [0, 0.05) is 18.8 Å². The Morgan fingerprint density at radius 1 is 1.40 bits per heavy atom. The Morgan fingerprint density at radius 3 is 2.53 bits per heavy atom. The highest BCUT2D eigenvalue weighted by molar-refractivity contribution is 9.09. The van der Waals surface area contributed by atoms with Crippen molar-refractivity contribution in [2.45, 2.75) is 45.6 Å². The summed E-state index contributed by atoms with van der Waals surface area (Å²) in [5.74, 6) is 0.0369. The summed E-state index contributed by atoms with van der Waals surface area (Å²) in [6.45, 7) is 7.73. The van der Waals surface area contributed by atoms with Crippen LogP contribution >= 0.6 is 15.9 Å². The summed E-state index contributed by atoms with van der Waals surface area (Å²) in [7, 11) is 0. The van der Waals surface area contributed by atoms with Crippen LogP contribution in [0.3, 0.4) is 0 Å². The Bertz CT molecular complexity index is 187. The van der Waals surface area contributed by atoms with Crippen LogP contribution in [0, 0.1) is 0 Å². The van der Waals surface area contributed by atoms with Crippen LogP contribution in [0.1, 0.15) is 40.0 Å². The maximum atomic E-state index is 11.3. The van der Waals surface area contributed by atoms with Gasteiger partial charge in [-0.05, 0) is 26.2 Å². The monoisotopic (exact) mass is 279 g/mol. The second kappa shape index (κ2) is 8.11. The molecule has 90 valence electrons. The van der Waals surface area contributed by atoms with Gasteiger partial charge in [0.25, 0.3) is 0 Å². The SMILES string of the molecule is CCCOCCC(C)(CC)NC(=O)CBr. The number of alkyl halides is 1. The molecule has 0 spiro atoms. The van der Waals surface area contributed by atoms with Gasteiger partial charge in [0.15, 0.2) is 0 Å². The fourth-order valence-electron chi connectivity index (χ4n) is 1.24. The molecule has 0 aromatic rings. The van der Waals surface area contributed by atoms with Gasteiger partial charge in [0.2, 0.25) is 5.91 Å². The van der Waals surface area contributed by atoms with Crippen molar-refractivity contribution in [2.75, 3.05) is 18.5 Å². The van der Waals surface area contributed by atoms with Gasteiger partial charge in [0.05, 0.1) is 5.33 Å². The van der Waals surface area contributed by atoms with Gasteiger partial charge in [0.1, 0.15) is 0 Å². The van der Waals surface area contributed by atoms with Gasteiger partial charge in [-0.3, -0.25) is 4.79 Å². The second-order valence-corrected chi connectivity index (χ2v) is 4.52. The smallest absolute Gasteiger partial charge is 0.231 e. The topological polar surface area (TPSA) is 38.3 Å². The summed E-state index contributed by atoms with van der Waals surface area (Å²) in [4.78, 5) is 11.3. The summed E-state index contributed by atoms with van der Waals surface area (Å²) in [6, 6.07) is 0. The van der Waals surface area contributed by atoms with E-state index in [0.29, 0.717) is 11.9 Å². The lowest BCUT2D eigenvalue weighted by Gasteiger charge is -2.29. The summed E-state index contributed by atoms with van der Waals surface area (Å²) < 4.78 is 5.43. The van der Waals surface area contributed by atoms with Gasteiger partial charge in [-0.25, -0.2) is 0 Å². The molecule has 0 bridgehead atoms. The predicted molar refractivity (Wildman–Crippen MR) is 66.4 cm³/mol. The molecule has 0 aromatic heterocycles. The van der Waals surface area contributed by atoms with Gasteiger partial charge < -0.3 is 10.1 Å². The fraction of sp³-hybridized carbons (Fsp3) is 0.909. The predicted octanol–water partition coefficient (Wildman–Crippen LogP) is 2.48. The summed E-state index contributed by atoms with van der Waals surface area (Å²) in [5, 5.41) is 3.36. The molecule has 0 saturated carbocycles. The third-order valence-corrected chi connectivity index (χ3v) is 3.00. The number of carbonyl (C=O) groups excluding carboxylic acids is 1. The largest absolute Gasteiger partial charge is 0.381 e. The van der Waals surface area contributed by atoms with Crippen LogP contribution in [0.15, 0.2) is 0 Å². The van der Waals surface area contributed by atoms with E-state index in [0.717, 1.165) is 25.9 Å². The van der Waals surface area contributed by atoms with E-state index in [2.05, 4.69) is 42.0 Å². The second-order valence-electron chi connectivity index (χ2n) is 3.96. The van der Waals surface area contributed by atoms with E-state index in [1.54, 1.807) is 0 Å². The molecule has 0 aromatic carbocycles. The van der Waals surface area contributed by atoms with E-state index in [1.807, 2.05) is 0 Å². The van der Waals surface area contributed by atoms with Crippen molar-refractivity contribution in [1.29, 1.82) is 0 Å². The molecule has 0 radical (unpaired) electrons. The van der Waals surface area contributed by atoms with Crippen LogP contribution in [0.2, 0.25) is 0 Å². The van der Waals surface area contributed by atoms with E-state index in [4.69, 9.17) is 4.74 Å². The van der Waals surface area contributed by atoms with Crippen LogP contribution in [0.25, 0.3) is 0 Å². The number of nitrogens with one attached hydrogen (secondary N) is 1. The molecular weight excluding hydrogens is 258 g/mol. The Morgan fingerprint density at radius 2 is 2.07 bits per heavy atom. The number of rotatable bonds is 8. The minimum absolute atomic E-state index is 0.0369. The summed E-state index contributed by atoms with van der Waals surface area (Å²) in [5.41, 5.74) is -0.140. The van der Waals surface area contributed by atoms with Crippen molar-refractivity contribution in [1.82, 2.24) is 5.32 Å². The molecule has 1 N–H and O–H groups in total. The molecule has 1 unspecified atom stereocenters. The zero-order valence-corrected chi connectivity index (χ0v) is 11.5. The van der Waals surface area contributed by atoms with E-state index in [-0.39, 0.29) is 11.4 Å². The first-order valence-corrected chi connectivity index (χ1v) is 6.65. The van der Waals surface area contributed by atoms with Crippen LogP contribution in [-0.2, 0) is 9.53 Å². The highest BCUT2D eigenvalue weighted by Crippen LogP contribution is 2.14. The van der Waals surface area contributed by atoms with Crippen LogP contribution in [0.5, 0.6) is 0 Å². The molecule has 0 saturated heterocycles. The Hall–Kier alpha value is -0.0900. The molecule has 0 fully saturated rings. The van der Waals surface area contributed by atoms with Crippen LogP contribution in [0.4, 0.5) is 0 Å². The van der Waals surface area contributed by atoms with E-state index < -0.39 is 0 Å². The number of amides is 1. The molecule has 0 aliphatic heterocycles. The Labute approximate surface area is 101 Å². The first-order valence-electron chi connectivity index (χ1n) is 5.52. The molecule has 15 heavy (non-hydrogen) atoms. The minimum atomic E-state index is -0.140. The molecule has 3 nitrogen and oxygen atoms in total. The zero-order chi connectivity index (χ0) is 11.7. The van der Waals surface area contributed by atoms with Gasteiger partial charge in [-0.15, -0.1) is 0 Å². The molecule has 4 heteroatoms. The van der Waals surface area contributed by atoms with Crippen LogP contribution in [-0.4, -0.2) is 30.0 Å². The highest BCUT2D eigenvalue weighted by Gasteiger charge is 2.23. The maximum absolute atomic E-state index is 11.3. The highest BCUT2D eigenvalue weighted by atomic mass is 79.9. The van der Waals surface area contributed by atoms with Crippen molar-refractivity contribution >= 4 is 21.8 Å². The van der Waals surface area contributed by atoms with E-state index in [9.17, 15) is 4.79 Å². The molecule has 0 aliphatic rings. The summed E-state index contributed by atoms with van der Waals surface area (Å²) in [6.07, 6.45) is 2.82. The van der Waals surface area contributed by atoms with Gasteiger partial charge >= 0.3 is 0 Å².